The molecule has 0 spiro atoms. The molecule has 0 amide bonds. The highest BCUT2D eigenvalue weighted by atomic mass is 35.5. The number of aromatic nitrogens is 3. The highest BCUT2D eigenvalue weighted by molar-refractivity contribution is 6.28. The Morgan fingerprint density at radius 3 is 3.08 bits per heavy atom. The van der Waals surface area contributed by atoms with Crippen molar-refractivity contribution in [1.82, 2.24) is 15.2 Å². The van der Waals surface area contributed by atoms with Crippen molar-refractivity contribution >= 4 is 11.6 Å². The summed E-state index contributed by atoms with van der Waals surface area (Å²) in [6.07, 6.45) is 1.92. The molecule has 0 fully saturated rings. The molecule has 0 aliphatic heterocycles. The maximum atomic E-state index is 8.44. The van der Waals surface area contributed by atoms with Crippen molar-refractivity contribution in [1.29, 1.82) is 0 Å². The van der Waals surface area contributed by atoms with Gasteiger partial charge in [0.1, 0.15) is 6.20 Å². The Morgan fingerprint density at radius 1 is 1.58 bits per heavy atom. The molecule has 12 heavy (non-hydrogen) atoms. The molecule has 1 heterocycles. The van der Waals surface area contributed by atoms with E-state index < -0.39 is 0 Å². The third kappa shape index (κ3) is 2.98. The fourth-order valence-electron chi connectivity index (χ4n) is 0.579. The lowest BCUT2D eigenvalue weighted by Gasteiger charge is -2.01. The predicted molar refractivity (Wildman–Crippen MR) is 42.0 cm³/mol. The zero-order valence-corrected chi connectivity index (χ0v) is 7.03. The average molecular weight is 190 g/mol. The Bertz CT molecular complexity index is 246. The normalized spacial score (nSPS) is 9.83. The van der Waals surface area contributed by atoms with Crippen LogP contribution in [-0.2, 0) is 0 Å². The van der Waals surface area contributed by atoms with Gasteiger partial charge in [0.15, 0.2) is 0 Å². The van der Waals surface area contributed by atoms with E-state index in [1.165, 1.54) is 6.20 Å². The molecule has 0 saturated carbocycles. The summed E-state index contributed by atoms with van der Waals surface area (Å²) in [6.45, 7) is 0.484. The van der Waals surface area contributed by atoms with Gasteiger partial charge in [-0.15, -0.1) is 5.10 Å². The summed E-state index contributed by atoms with van der Waals surface area (Å²) in [6, 6.07) is 0. The van der Waals surface area contributed by atoms with Gasteiger partial charge in [-0.1, -0.05) is 0 Å². The number of hydrogen-bond acceptors (Lipinski definition) is 5. The maximum Gasteiger partial charge on any atom is 0.246 e. The van der Waals surface area contributed by atoms with Crippen LogP contribution in [-0.4, -0.2) is 33.5 Å². The molecule has 1 rings (SSSR count). The zero-order valence-electron chi connectivity index (χ0n) is 6.27. The van der Waals surface area contributed by atoms with Crippen LogP contribution in [0.25, 0.3) is 0 Å². The Morgan fingerprint density at radius 2 is 2.42 bits per heavy atom. The summed E-state index contributed by atoms with van der Waals surface area (Å²) in [5.74, 6) is 0.323. The Hall–Kier alpha value is -0.940. The minimum Gasteiger partial charge on any atom is -0.476 e. The summed E-state index contributed by atoms with van der Waals surface area (Å²) in [5, 5.41) is 15.5. The molecule has 0 radical (unpaired) electrons. The molecule has 0 aliphatic carbocycles. The highest BCUT2D eigenvalue weighted by Crippen LogP contribution is 2.06. The fraction of sp³-hybridized carbons (Fsp3) is 0.500. The Labute approximate surface area is 74.4 Å². The van der Waals surface area contributed by atoms with E-state index in [0.29, 0.717) is 18.9 Å². The molecule has 0 atom stereocenters. The molecule has 0 aliphatic rings. The van der Waals surface area contributed by atoms with Gasteiger partial charge in [-0.3, -0.25) is 0 Å². The standard InChI is InChI=1S/C6H8ClN3O2/c7-6-9-5(4-8-10-6)12-3-1-2-11/h4,11H,1-3H2. The van der Waals surface area contributed by atoms with E-state index in [-0.39, 0.29) is 11.9 Å². The molecule has 66 valence electrons. The van der Waals surface area contributed by atoms with Crippen LogP contribution in [0.5, 0.6) is 5.88 Å². The third-order valence-corrected chi connectivity index (χ3v) is 1.22. The monoisotopic (exact) mass is 189 g/mol. The number of hydrogen-bond donors (Lipinski definition) is 1. The van der Waals surface area contributed by atoms with Gasteiger partial charge in [-0.2, -0.15) is 10.1 Å². The van der Waals surface area contributed by atoms with Gasteiger partial charge in [0.25, 0.3) is 0 Å². The van der Waals surface area contributed by atoms with Gasteiger partial charge in [-0.25, -0.2) is 0 Å². The van der Waals surface area contributed by atoms with Crippen LogP contribution in [0, 0.1) is 0 Å². The number of ether oxygens (including phenoxy) is 1. The highest BCUT2D eigenvalue weighted by Gasteiger charge is 1.97. The van der Waals surface area contributed by atoms with Crippen molar-refractivity contribution in [2.75, 3.05) is 13.2 Å². The Kier molecular flexibility index (Phi) is 3.69. The summed E-state index contributed by atoms with van der Waals surface area (Å²) >= 11 is 5.44. The van der Waals surface area contributed by atoms with Crippen molar-refractivity contribution < 1.29 is 9.84 Å². The molecule has 1 aromatic heterocycles. The van der Waals surface area contributed by atoms with Crippen LogP contribution in [0.2, 0.25) is 5.28 Å². The molecule has 0 unspecified atom stereocenters. The fourth-order valence-corrected chi connectivity index (χ4v) is 0.706. The first-order valence-corrected chi connectivity index (χ1v) is 3.79. The number of nitrogens with zero attached hydrogens (tertiary/aromatic N) is 3. The van der Waals surface area contributed by atoms with E-state index in [4.69, 9.17) is 21.4 Å². The summed E-state index contributed by atoms with van der Waals surface area (Å²) in [7, 11) is 0. The number of rotatable bonds is 4. The summed E-state index contributed by atoms with van der Waals surface area (Å²) in [4.78, 5) is 3.73. The van der Waals surface area contributed by atoms with Crippen molar-refractivity contribution in [3.05, 3.63) is 11.5 Å². The molecule has 0 aromatic carbocycles. The largest absolute Gasteiger partial charge is 0.476 e. The van der Waals surface area contributed by atoms with Gasteiger partial charge >= 0.3 is 0 Å². The summed E-state index contributed by atoms with van der Waals surface area (Å²) < 4.78 is 5.07. The van der Waals surface area contributed by atoms with Crippen molar-refractivity contribution in [2.24, 2.45) is 0 Å². The van der Waals surface area contributed by atoms with E-state index in [0.717, 1.165) is 0 Å². The van der Waals surface area contributed by atoms with Crippen LogP contribution < -0.4 is 4.74 Å². The van der Waals surface area contributed by atoms with Crippen LogP contribution >= 0.6 is 11.6 Å². The van der Waals surface area contributed by atoms with E-state index >= 15 is 0 Å². The molecule has 1 N–H and O–H groups in total. The van der Waals surface area contributed by atoms with E-state index in [1.807, 2.05) is 0 Å². The van der Waals surface area contributed by atoms with Gasteiger partial charge in [0.05, 0.1) is 6.61 Å². The van der Waals surface area contributed by atoms with Crippen LogP contribution in [0.4, 0.5) is 0 Å². The average Bonchev–Trinajstić information content (AvgIpc) is 2.05. The number of aliphatic hydroxyl groups is 1. The first-order valence-electron chi connectivity index (χ1n) is 3.42. The van der Waals surface area contributed by atoms with Crippen LogP contribution in [0.1, 0.15) is 6.42 Å². The maximum absolute atomic E-state index is 8.44. The number of aliphatic hydroxyl groups excluding tert-OH is 1. The molecule has 1 aromatic rings. The van der Waals surface area contributed by atoms with Crippen molar-refractivity contribution in [3.63, 3.8) is 0 Å². The number of halogens is 1. The van der Waals surface area contributed by atoms with Crippen molar-refractivity contribution in [2.45, 2.75) is 6.42 Å². The minimum atomic E-state index is 0.0523. The quantitative estimate of drug-likeness (QED) is 0.690. The first kappa shape index (κ1) is 9.15. The predicted octanol–water partition coefficient (Wildman–Crippen LogP) is 0.286. The lowest BCUT2D eigenvalue weighted by Crippen LogP contribution is -2.02. The van der Waals surface area contributed by atoms with Gasteiger partial charge < -0.3 is 9.84 Å². The lowest BCUT2D eigenvalue weighted by molar-refractivity contribution is 0.228. The minimum absolute atomic E-state index is 0.0523. The topological polar surface area (TPSA) is 68.1 Å². The third-order valence-electron chi connectivity index (χ3n) is 1.06. The van der Waals surface area contributed by atoms with Gasteiger partial charge in [-0.05, 0) is 11.6 Å². The Balaban J connectivity index is 2.41. The van der Waals surface area contributed by atoms with Crippen molar-refractivity contribution in [3.8, 4) is 5.88 Å². The second-order valence-electron chi connectivity index (χ2n) is 1.99. The molecular formula is C6H8ClN3O2. The van der Waals surface area contributed by atoms with E-state index in [1.54, 1.807) is 0 Å². The smallest absolute Gasteiger partial charge is 0.246 e. The second-order valence-corrected chi connectivity index (χ2v) is 2.33. The molecular weight excluding hydrogens is 182 g/mol. The summed E-state index contributed by atoms with van der Waals surface area (Å²) in [5.41, 5.74) is 0. The van der Waals surface area contributed by atoms with E-state index in [2.05, 4.69) is 15.2 Å². The molecule has 0 saturated heterocycles. The second kappa shape index (κ2) is 4.84. The molecule has 0 bridgehead atoms. The molecule has 6 heteroatoms. The van der Waals surface area contributed by atoms with Gasteiger partial charge in [0, 0.05) is 13.0 Å². The first-order chi connectivity index (χ1) is 5.83. The molecule has 5 nitrogen and oxygen atoms in total. The van der Waals surface area contributed by atoms with Gasteiger partial charge in [0.2, 0.25) is 11.2 Å². The van der Waals surface area contributed by atoms with Crippen LogP contribution in [0.3, 0.4) is 0 Å². The van der Waals surface area contributed by atoms with Crippen LogP contribution in [0.15, 0.2) is 6.20 Å². The lowest BCUT2D eigenvalue weighted by atomic mass is 10.5. The van der Waals surface area contributed by atoms with E-state index in [9.17, 15) is 0 Å². The SMILES string of the molecule is OCCCOc1cnnc(Cl)n1. The zero-order chi connectivity index (χ0) is 8.81.